The lowest BCUT2D eigenvalue weighted by Gasteiger charge is -2.13. The van der Waals surface area contributed by atoms with Crippen molar-refractivity contribution in [2.24, 2.45) is 5.92 Å². The Balaban J connectivity index is 1.70. The van der Waals surface area contributed by atoms with E-state index in [9.17, 15) is 22.7 Å². The predicted octanol–water partition coefficient (Wildman–Crippen LogP) is 6.50. The van der Waals surface area contributed by atoms with Crippen molar-refractivity contribution < 1.29 is 27.4 Å². The van der Waals surface area contributed by atoms with E-state index in [1.54, 1.807) is 6.07 Å². The Kier molecular flexibility index (Phi) is 7.82. The van der Waals surface area contributed by atoms with E-state index in [0.29, 0.717) is 18.8 Å². The summed E-state index contributed by atoms with van der Waals surface area (Å²) in [4.78, 5) is 0. The van der Waals surface area contributed by atoms with Gasteiger partial charge in [0.25, 0.3) is 0 Å². The van der Waals surface area contributed by atoms with Crippen LogP contribution in [0.5, 0.6) is 0 Å². The minimum absolute atomic E-state index is 0.0166. The molecule has 0 aliphatic rings. The highest BCUT2D eigenvalue weighted by Gasteiger charge is 2.14. The zero-order valence-electron chi connectivity index (χ0n) is 17.2. The van der Waals surface area contributed by atoms with Crippen molar-refractivity contribution in [3.63, 3.8) is 0 Å². The molecular weight excluding hydrogens is 408 g/mol. The van der Waals surface area contributed by atoms with Crippen LogP contribution >= 0.6 is 0 Å². The molecule has 0 amide bonds. The second-order valence-corrected chi connectivity index (χ2v) is 7.50. The number of halogens is 4. The van der Waals surface area contributed by atoms with E-state index in [1.165, 1.54) is 12.1 Å². The molecule has 0 saturated carbocycles. The largest absolute Gasteiger partial charge is 0.396 e. The average Bonchev–Trinajstić information content (AvgIpc) is 2.77. The molecule has 1 atom stereocenters. The monoisotopic (exact) mass is 432 g/mol. The first-order valence-electron chi connectivity index (χ1n) is 10.1. The topological polar surface area (TPSA) is 29.5 Å². The molecule has 0 aliphatic carbocycles. The molecule has 0 fully saturated rings. The molecule has 3 rings (SSSR count). The molecule has 0 aromatic heterocycles. The highest BCUT2D eigenvalue weighted by atomic mass is 19.2. The molecule has 31 heavy (non-hydrogen) atoms. The van der Waals surface area contributed by atoms with Gasteiger partial charge in [0.05, 0.1) is 13.2 Å². The van der Waals surface area contributed by atoms with Gasteiger partial charge in [-0.1, -0.05) is 49.7 Å². The summed E-state index contributed by atoms with van der Waals surface area (Å²) >= 11 is 0. The van der Waals surface area contributed by atoms with Gasteiger partial charge < -0.3 is 9.84 Å². The van der Waals surface area contributed by atoms with Gasteiger partial charge in [-0.15, -0.1) is 0 Å². The summed E-state index contributed by atoms with van der Waals surface area (Å²) in [6.45, 7) is 3.07. The standard InChI is InChI=1S/C25H24F4O2/c1-2-3-17(13-30)15-31-14-16-4-6-18(7-5-16)19-8-9-21(22(26)10-19)20-11-23(27)25(29)24(28)12-20/h4-12,17,30H,2-3,13-15H2,1H3. The Morgan fingerprint density at radius 1 is 0.806 bits per heavy atom. The van der Waals surface area contributed by atoms with Crippen LogP contribution in [-0.2, 0) is 11.3 Å². The van der Waals surface area contributed by atoms with Gasteiger partial charge in [-0.25, -0.2) is 17.6 Å². The third kappa shape index (κ3) is 5.71. The van der Waals surface area contributed by atoms with E-state index in [2.05, 4.69) is 6.92 Å². The lowest BCUT2D eigenvalue weighted by molar-refractivity contribution is 0.0593. The SMILES string of the molecule is CCCC(CO)COCc1ccc(-c2ccc(-c3cc(F)c(F)c(F)c3)c(F)c2)cc1. The smallest absolute Gasteiger partial charge is 0.194 e. The second kappa shape index (κ2) is 10.6. The Morgan fingerprint density at radius 2 is 1.42 bits per heavy atom. The number of hydrogen-bond donors (Lipinski definition) is 1. The van der Waals surface area contributed by atoms with Gasteiger partial charge in [0.15, 0.2) is 17.5 Å². The molecule has 0 spiro atoms. The van der Waals surface area contributed by atoms with Crippen LogP contribution in [0.1, 0.15) is 25.3 Å². The minimum atomic E-state index is -1.58. The van der Waals surface area contributed by atoms with Gasteiger partial charge in [-0.3, -0.25) is 0 Å². The molecule has 3 aromatic rings. The lowest BCUT2D eigenvalue weighted by atomic mass is 9.99. The van der Waals surface area contributed by atoms with Crippen molar-refractivity contribution in [3.05, 3.63) is 83.4 Å². The quantitative estimate of drug-likeness (QED) is 0.309. The first-order valence-corrected chi connectivity index (χ1v) is 10.1. The second-order valence-electron chi connectivity index (χ2n) is 7.50. The van der Waals surface area contributed by atoms with Crippen molar-refractivity contribution in [1.29, 1.82) is 0 Å². The van der Waals surface area contributed by atoms with Gasteiger partial charge in [0.2, 0.25) is 0 Å². The van der Waals surface area contributed by atoms with E-state index in [0.717, 1.165) is 36.1 Å². The third-order valence-electron chi connectivity index (χ3n) is 5.13. The summed E-state index contributed by atoms with van der Waals surface area (Å²) in [5, 5.41) is 9.31. The fraction of sp³-hybridized carbons (Fsp3) is 0.280. The van der Waals surface area contributed by atoms with Crippen LogP contribution in [0, 0.1) is 29.2 Å². The zero-order chi connectivity index (χ0) is 22.4. The maximum atomic E-state index is 14.6. The molecule has 3 aromatic carbocycles. The average molecular weight is 432 g/mol. The molecule has 2 nitrogen and oxygen atoms in total. The first kappa shape index (κ1) is 23.0. The van der Waals surface area contributed by atoms with Crippen molar-refractivity contribution >= 4 is 0 Å². The number of aliphatic hydroxyl groups excluding tert-OH is 1. The van der Waals surface area contributed by atoms with Crippen LogP contribution in [0.25, 0.3) is 22.3 Å². The molecular formula is C25H24F4O2. The Morgan fingerprint density at radius 3 is 2.00 bits per heavy atom. The highest BCUT2D eigenvalue weighted by molar-refractivity contribution is 5.71. The maximum Gasteiger partial charge on any atom is 0.194 e. The summed E-state index contributed by atoms with van der Waals surface area (Å²) in [6, 6.07) is 13.3. The molecule has 0 radical (unpaired) electrons. The molecule has 1 N–H and O–H groups in total. The van der Waals surface area contributed by atoms with E-state index < -0.39 is 23.3 Å². The van der Waals surface area contributed by atoms with Gasteiger partial charge in [-0.2, -0.15) is 0 Å². The fourth-order valence-corrected chi connectivity index (χ4v) is 3.41. The lowest BCUT2D eigenvalue weighted by Crippen LogP contribution is -2.13. The molecule has 0 saturated heterocycles. The maximum absolute atomic E-state index is 14.6. The van der Waals surface area contributed by atoms with Gasteiger partial charge in [0.1, 0.15) is 5.82 Å². The Labute approximate surface area is 179 Å². The number of hydrogen-bond acceptors (Lipinski definition) is 2. The molecule has 164 valence electrons. The summed E-state index contributed by atoms with van der Waals surface area (Å²) in [5.41, 5.74) is 2.23. The van der Waals surface area contributed by atoms with Crippen LogP contribution in [0.2, 0.25) is 0 Å². The summed E-state index contributed by atoms with van der Waals surface area (Å²) in [7, 11) is 0. The summed E-state index contributed by atoms with van der Waals surface area (Å²) < 4.78 is 60.4. The van der Waals surface area contributed by atoms with E-state index in [-0.39, 0.29) is 23.7 Å². The highest BCUT2D eigenvalue weighted by Crippen LogP contribution is 2.30. The van der Waals surface area contributed by atoms with Crippen molar-refractivity contribution in [2.45, 2.75) is 26.4 Å². The van der Waals surface area contributed by atoms with E-state index in [1.807, 2.05) is 24.3 Å². The van der Waals surface area contributed by atoms with E-state index in [4.69, 9.17) is 4.74 Å². The van der Waals surface area contributed by atoms with Crippen LogP contribution in [0.4, 0.5) is 17.6 Å². The van der Waals surface area contributed by atoms with Gasteiger partial charge in [-0.05, 0) is 46.9 Å². The van der Waals surface area contributed by atoms with E-state index >= 15 is 0 Å². The normalized spacial score (nSPS) is 12.2. The number of ether oxygens (including phenoxy) is 1. The number of benzene rings is 3. The van der Waals surface area contributed by atoms with Crippen LogP contribution in [-0.4, -0.2) is 18.3 Å². The molecule has 0 bridgehead atoms. The minimum Gasteiger partial charge on any atom is -0.396 e. The summed E-state index contributed by atoms with van der Waals surface area (Å²) in [5.74, 6) is -4.84. The number of rotatable bonds is 9. The molecule has 0 heterocycles. The predicted molar refractivity (Wildman–Crippen MR) is 112 cm³/mol. The molecule has 0 aliphatic heterocycles. The zero-order valence-corrected chi connectivity index (χ0v) is 17.2. The Hall–Kier alpha value is -2.70. The van der Waals surface area contributed by atoms with Crippen molar-refractivity contribution in [1.82, 2.24) is 0 Å². The fourth-order valence-electron chi connectivity index (χ4n) is 3.41. The Bertz CT molecular complexity index is 996. The van der Waals surface area contributed by atoms with Crippen LogP contribution in [0.15, 0.2) is 54.6 Å². The third-order valence-corrected chi connectivity index (χ3v) is 5.13. The van der Waals surface area contributed by atoms with Crippen molar-refractivity contribution in [2.75, 3.05) is 13.2 Å². The number of aliphatic hydroxyl groups is 1. The first-order chi connectivity index (χ1) is 14.9. The molecule has 6 heteroatoms. The molecule has 1 unspecified atom stereocenters. The van der Waals surface area contributed by atoms with Gasteiger partial charge in [0, 0.05) is 18.1 Å². The van der Waals surface area contributed by atoms with Crippen LogP contribution < -0.4 is 0 Å². The summed E-state index contributed by atoms with van der Waals surface area (Å²) in [6.07, 6.45) is 1.90. The van der Waals surface area contributed by atoms with Gasteiger partial charge >= 0.3 is 0 Å². The van der Waals surface area contributed by atoms with Crippen molar-refractivity contribution in [3.8, 4) is 22.3 Å². The van der Waals surface area contributed by atoms with Crippen LogP contribution in [0.3, 0.4) is 0 Å².